The second-order valence-corrected chi connectivity index (χ2v) is 7.08. The van der Waals surface area contributed by atoms with Crippen LogP contribution in [-0.4, -0.2) is 46.0 Å². The molecule has 26 heavy (non-hydrogen) atoms. The van der Waals surface area contributed by atoms with Gasteiger partial charge in [0.2, 0.25) is 0 Å². The molecule has 3 aromatic rings. The zero-order chi connectivity index (χ0) is 17.9. The summed E-state index contributed by atoms with van der Waals surface area (Å²) in [6, 6.07) is 6.95. The van der Waals surface area contributed by atoms with E-state index in [1.807, 2.05) is 11.6 Å². The Morgan fingerprint density at radius 1 is 1.15 bits per heavy atom. The van der Waals surface area contributed by atoms with E-state index >= 15 is 0 Å². The Bertz CT molecular complexity index is 915. The van der Waals surface area contributed by atoms with Crippen LogP contribution in [0.4, 0.5) is 11.4 Å². The number of benzene rings is 1. The monoisotopic (exact) mass is 369 g/mol. The first-order valence-corrected chi connectivity index (χ1v) is 9.53. The Morgan fingerprint density at radius 3 is 2.88 bits per heavy atom. The first-order valence-electron chi connectivity index (χ1n) is 8.59. The number of thiazole rings is 1. The van der Waals surface area contributed by atoms with Gasteiger partial charge in [0, 0.05) is 50.4 Å². The van der Waals surface area contributed by atoms with Crippen LogP contribution in [0.3, 0.4) is 0 Å². The van der Waals surface area contributed by atoms with Crippen molar-refractivity contribution >= 4 is 33.6 Å². The number of pyridine rings is 1. The maximum absolute atomic E-state index is 11.3. The molecule has 0 spiro atoms. The highest BCUT2D eigenvalue weighted by Gasteiger charge is 2.21. The molecule has 0 bridgehead atoms. The summed E-state index contributed by atoms with van der Waals surface area (Å²) >= 11 is 1.62. The molecule has 1 aliphatic rings. The molecule has 0 atom stereocenters. The van der Waals surface area contributed by atoms with Gasteiger partial charge in [-0.1, -0.05) is 0 Å². The molecule has 0 N–H and O–H groups in total. The van der Waals surface area contributed by atoms with E-state index in [0.29, 0.717) is 10.9 Å². The third-order valence-corrected chi connectivity index (χ3v) is 5.36. The van der Waals surface area contributed by atoms with Crippen molar-refractivity contribution in [1.29, 1.82) is 0 Å². The topological polar surface area (TPSA) is 75.4 Å². The lowest BCUT2D eigenvalue weighted by Gasteiger charge is -2.24. The first-order chi connectivity index (χ1) is 12.7. The van der Waals surface area contributed by atoms with Gasteiger partial charge in [0.15, 0.2) is 0 Å². The number of fused-ring (bicyclic) bond motifs is 1. The van der Waals surface area contributed by atoms with E-state index in [1.165, 1.54) is 0 Å². The Labute approximate surface area is 155 Å². The van der Waals surface area contributed by atoms with E-state index in [-0.39, 0.29) is 10.6 Å². The van der Waals surface area contributed by atoms with Crippen molar-refractivity contribution in [3.8, 4) is 0 Å². The van der Waals surface area contributed by atoms with Gasteiger partial charge in [-0.15, -0.1) is 11.3 Å². The number of non-ortho nitro benzene ring substituents is 1. The van der Waals surface area contributed by atoms with Crippen LogP contribution in [0.15, 0.2) is 41.4 Å². The number of hydrogen-bond donors (Lipinski definition) is 0. The van der Waals surface area contributed by atoms with Gasteiger partial charge in [-0.2, -0.15) is 0 Å². The van der Waals surface area contributed by atoms with Crippen molar-refractivity contribution < 1.29 is 4.92 Å². The van der Waals surface area contributed by atoms with E-state index in [4.69, 9.17) is 0 Å². The standard InChI is InChI=1S/C18H19N5O2S/c24-23(25)16-4-5-17(18-15(16)3-1-6-19-18)22-8-2-7-21(9-10-22)11-14-12-26-13-20-14/h1,3-6,12-13H,2,7-11H2. The molecule has 1 aromatic carbocycles. The molecule has 0 aliphatic carbocycles. The number of rotatable bonds is 4. The minimum atomic E-state index is -0.341. The summed E-state index contributed by atoms with van der Waals surface area (Å²) in [4.78, 5) is 24.5. The molecule has 8 heteroatoms. The highest BCUT2D eigenvalue weighted by Crippen LogP contribution is 2.32. The van der Waals surface area contributed by atoms with Gasteiger partial charge in [-0.05, 0) is 24.6 Å². The summed E-state index contributed by atoms with van der Waals surface area (Å²) in [5.41, 5.74) is 4.77. The number of anilines is 1. The van der Waals surface area contributed by atoms with E-state index in [0.717, 1.165) is 50.5 Å². The molecule has 1 saturated heterocycles. The molecule has 134 valence electrons. The fourth-order valence-electron chi connectivity index (χ4n) is 3.47. The van der Waals surface area contributed by atoms with Gasteiger partial charge in [0.25, 0.3) is 5.69 Å². The summed E-state index contributed by atoms with van der Waals surface area (Å²) in [6.07, 6.45) is 2.73. The minimum Gasteiger partial charge on any atom is -0.368 e. The average molecular weight is 369 g/mol. The lowest BCUT2D eigenvalue weighted by Crippen LogP contribution is -2.30. The molecule has 1 fully saturated rings. The van der Waals surface area contributed by atoms with Crippen LogP contribution in [0.5, 0.6) is 0 Å². The zero-order valence-electron chi connectivity index (χ0n) is 14.2. The zero-order valence-corrected chi connectivity index (χ0v) is 15.1. The van der Waals surface area contributed by atoms with E-state index in [1.54, 1.807) is 35.7 Å². The molecule has 0 amide bonds. The number of hydrogen-bond acceptors (Lipinski definition) is 7. The quantitative estimate of drug-likeness (QED) is 0.519. The second-order valence-electron chi connectivity index (χ2n) is 6.36. The highest BCUT2D eigenvalue weighted by molar-refractivity contribution is 7.07. The van der Waals surface area contributed by atoms with Crippen LogP contribution < -0.4 is 4.90 Å². The van der Waals surface area contributed by atoms with Crippen LogP contribution in [0.2, 0.25) is 0 Å². The SMILES string of the molecule is O=[N+]([O-])c1ccc(N2CCCN(Cc3cscn3)CC2)c2ncccc12. The first kappa shape index (κ1) is 16.9. The molecule has 4 rings (SSSR count). The van der Waals surface area contributed by atoms with E-state index in [2.05, 4.69) is 25.1 Å². The number of nitrogens with zero attached hydrogens (tertiary/aromatic N) is 5. The van der Waals surface area contributed by atoms with Gasteiger partial charge in [0.05, 0.1) is 27.2 Å². The fraction of sp³-hybridized carbons (Fsp3) is 0.333. The highest BCUT2D eigenvalue weighted by atomic mass is 32.1. The molecule has 0 unspecified atom stereocenters. The van der Waals surface area contributed by atoms with Crippen molar-refractivity contribution in [3.63, 3.8) is 0 Å². The van der Waals surface area contributed by atoms with Crippen molar-refractivity contribution in [1.82, 2.24) is 14.9 Å². The summed E-state index contributed by atoms with van der Waals surface area (Å²) in [5.74, 6) is 0. The lowest BCUT2D eigenvalue weighted by atomic mass is 10.1. The van der Waals surface area contributed by atoms with Crippen molar-refractivity contribution in [2.75, 3.05) is 31.1 Å². The molecule has 7 nitrogen and oxygen atoms in total. The second kappa shape index (κ2) is 7.35. The van der Waals surface area contributed by atoms with Gasteiger partial charge < -0.3 is 4.90 Å². The Kier molecular flexibility index (Phi) is 4.77. The summed E-state index contributed by atoms with van der Waals surface area (Å²) in [7, 11) is 0. The van der Waals surface area contributed by atoms with Gasteiger partial charge in [-0.3, -0.25) is 20.0 Å². The summed E-state index contributed by atoms with van der Waals surface area (Å²) in [5, 5.41) is 14.0. The Balaban J connectivity index is 1.58. The van der Waals surface area contributed by atoms with Crippen molar-refractivity contribution in [2.24, 2.45) is 0 Å². The molecule has 0 radical (unpaired) electrons. The number of nitro benzene ring substituents is 1. The van der Waals surface area contributed by atoms with Crippen LogP contribution in [0, 0.1) is 10.1 Å². The number of aromatic nitrogens is 2. The van der Waals surface area contributed by atoms with Crippen molar-refractivity contribution in [2.45, 2.75) is 13.0 Å². The van der Waals surface area contributed by atoms with Crippen LogP contribution >= 0.6 is 11.3 Å². The molecule has 1 aliphatic heterocycles. The van der Waals surface area contributed by atoms with Crippen LogP contribution in [-0.2, 0) is 6.54 Å². The maximum Gasteiger partial charge on any atom is 0.278 e. The minimum absolute atomic E-state index is 0.108. The third kappa shape index (κ3) is 3.38. The van der Waals surface area contributed by atoms with E-state index < -0.39 is 0 Å². The van der Waals surface area contributed by atoms with Gasteiger partial charge >= 0.3 is 0 Å². The Hall–Kier alpha value is -2.58. The predicted octanol–water partition coefficient (Wildman–Crippen LogP) is 3.31. The lowest BCUT2D eigenvalue weighted by molar-refractivity contribution is -0.383. The van der Waals surface area contributed by atoms with Crippen LogP contribution in [0.1, 0.15) is 12.1 Å². The fourth-order valence-corrected chi connectivity index (χ4v) is 4.02. The van der Waals surface area contributed by atoms with Gasteiger partial charge in [0.1, 0.15) is 5.52 Å². The largest absolute Gasteiger partial charge is 0.368 e. The van der Waals surface area contributed by atoms with Crippen LogP contribution in [0.25, 0.3) is 10.9 Å². The molecule has 0 saturated carbocycles. The molecular formula is C18H19N5O2S. The van der Waals surface area contributed by atoms with Crippen molar-refractivity contribution in [3.05, 3.63) is 57.2 Å². The smallest absolute Gasteiger partial charge is 0.278 e. The maximum atomic E-state index is 11.3. The van der Waals surface area contributed by atoms with Gasteiger partial charge in [-0.25, -0.2) is 4.98 Å². The van der Waals surface area contributed by atoms with E-state index in [9.17, 15) is 10.1 Å². The summed E-state index contributed by atoms with van der Waals surface area (Å²) in [6.45, 7) is 4.61. The molecule has 2 aromatic heterocycles. The molecular weight excluding hydrogens is 350 g/mol. The molecule has 3 heterocycles. The third-order valence-electron chi connectivity index (χ3n) is 4.72. The Morgan fingerprint density at radius 2 is 2.08 bits per heavy atom. The number of nitro groups is 1. The normalized spacial score (nSPS) is 15.9. The predicted molar refractivity (Wildman–Crippen MR) is 103 cm³/mol. The summed E-state index contributed by atoms with van der Waals surface area (Å²) < 4.78 is 0. The average Bonchev–Trinajstić information content (AvgIpc) is 3.05.